The lowest BCUT2D eigenvalue weighted by molar-refractivity contribution is -0.120. The monoisotopic (exact) mass is 474 g/mol. The van der Waals surface area contributed by atoms with Crippen LogP contribution < -0.4 is 10.2 Å². The summed E-state index contributed by atoms with van der Waals surface area (Å²) in [5.41, 5.74) is 4.91. The van der Waals surface area contributed by atoms with Gasteiger partial charge in [0.05, 0.1) is 18.1 Å². The molecule has 0 spiro atoms. The fraction of sp³-hybridized carbons (Fsp3) is 0.222. The van der Waals surface area contributed by atoms with E-state index >= 15 is 0 Å². The van der Waals surface area contributed by atoms with E-state index in [1.54, 1.807) is 6.07 Å². The van der Waals surface area contributed by atoms with Crippen molar-refractivity contribution in [1.82, 2.24) is 5.32 Å². The van der Waals surface area contributed by atoms with Crippen LogP contribution in [0.15, 0.2) is 72.8 Å². The number of carboxylic acid groups (broad SMARTS) is 1. The minimum Gasteiger partial charge on any atom is -0.478 e. The molecule has 3 aromatic rings. The van der Waals surface area contributed by atoms with Gasteiger partial charge < -0.3 is 25.2 Å². The number of carbonyl (C=O) groups excluding carboxylic acids is 2. The second-order valence-electron chi connectivity index (χ2n) is 8.37. The minimum absolute atomic E-state index is 0.0552. The molecule has 0 saturated carbocycles. The number of benzene rings is 3. The molecular weight excluding hydrogens is 448 g/mol. The number of aliphatic hydroxyl groups is 1. The Morgan fingerprint density at radius 1 is 0.971 bits per heavy atom. The maximum Gasteiger partial charge on any atom is 0.407 e. The molecule has 35 heavy (non-hydrogen) atoms. The molecule has 0 aliphatic heterocycles. The van der Waals surface area contributed by atoms with E-state index in [4.69, 9.17) is 9.84 Å². The fourth-order valence-electron chi connectivity index (χ4n) is 4.25. The molecule has 0 fully saturated rings. The van der Waals surface area contributed by atoms with Gasteiger partial charge in [0.15, 0.2) is 0 Å². The van der Waals surface area contributed by atoms with Gasteiger partial charge >= 0.3 is 12.1 Å². The summed E-state index contributed by atoms with van der Waals surface area (Å²) in [5.74, 6) is -1.59. The lowest BCUT2D eigenvalue weighted by atomic mass is 9.98. The first kappa shape index (κ1) is 24.0. The summed E-state index contributed by atoms with van der Waals surface area (Å²) in [5, 5.41) is 21.8. The van der Waals surface area contributed by atoms with E-state index in [2.05, 4.69) is 17.4 Å². The molecule has 8 nitrogen and oxygen atoms in total. The Balaban J connectivity index is 1.27. The van der Waals surface area contributed by atoms with E-state index in [9.17, 15) is 19.5 Å². The van der Waals surface area contributed by atoms with Gasteiger partial charge in [0, 0.05) is 25.2 Å². The van der Waals surface area contributed by atoms with Crippen molar-refractivity contribution in [2.75, 3.05) is 25.1 Å². The number of alkyl carbamates (subject to hydrolysis) is 1. The third-order valence-corrected chi connectivity index (χ3v) is 6.09. The van der Waals surface area contributed by atoms with Crippen molar-refractivity contribution < 1.29 is 29.3 Å². The highest BCUT2D eigenvalue weighted by atomic mass is 16.5. The number of carboxylic acids is 1. The quantitative estimate of drug-likeness (QED) is 0.459. The van der Waals surface area contributed by atoms with Crippen molar-refractivity contribution in [2.24, 2.45) is 0 Å². The van der Waals surface area contributed by atoms with Crippen molar-refractivity contribution in [3.05, 3.63) is 89.5 Å². The van der Waals surface area contributed by atoms with Gasteiger partial charge in [0.1, 0.15) is 6.61 Å². The Morgan fingerprint density at radius 2 is 1.60 bits per heavy atom. The zero-order valence-corrected chi connectivity index (χ0v) is 19.2. The molecule has 2 amide bonds. The summed E-state index contributed by atoms with van der Waals surface area (Å²) < 4.78 is 5.44. The van der Waals surface area contributed by atoms with Crippen LogP contribution in [0, 0.1) is 0 Å². The van der Waals surface area contributed by atoms with Crippen molar-refractivity contribution in [3.63, 3.8) is 0 Å². The zero-order chi connectivity index (χ0) is 24.9. The average molecular weight is 475 g/mol. The van der Waals surface area contributed by atoms with Crippen molar-refractivity contribution >= 4 is 23.7 Å². The predicted octanol–water partition coefficient (Wildman–Crippen LogP) is 3.64. The molecule has 0 bridgehead atoms. The van der Waals surface area contributed by atoms with Crippen LogP contribution in [-0.4, -0.2) is 54.5 Å². The summed E-state index contributed by atoms with van der Waals surface area (Å²) in [6, 6.07) is 22.0. The number of nitrogens with zero attached hydrogens (tertiary/aromatic N) is 1. The molecule has 180 valence electrons. The summed E-state index contributed by atoms with van der Waals surface area (Å²) >= 11 is 0. The molecule has 0 radical (unpaired) electrons. The maximum atomic E-state index is 12.5. The van der Waals surface area contributed by atoms with Crippen LogP contribution in [0.2, 0.25) is 0 Å². The van der Waals surface area contributed by atoms with Gasteiger partial charge in [-0.05, 0) is 40.5 Å². The second kappa shape index (κ2) is 10.4. The van der Waals surface area contributed by atoms with Crippen LogP contribution in [0.25, 0.3) is 11.1 Å². The van der Waals surface area contributed by atoms with E-state index in [-0.39, 0.29) is 31.1 Å². The lowest BCUT2D eigenvalue weighted by Gasteiger charge is -2.20. The van der Waals surface area contributed by atoms with Crippen LogP contribution in [0.3, 0.4) is 0 Å². The third kappa shape index (κ3) is 5.33. The van der Waals surface area contributed by atoms with Crippen molar-refractivity contribution in [1.29, 1.82) is 0 Å². The van der Waals surface area contributed by atoms with Crippen LogP contribution >= 0.6 is 0 Å². The molecule has 8 heteroatoms. The topological polar surface area (TPSA) is 116 Å². The average Bonchev–Trinajstić information content (AvgIpc) is 3.19. The van der Waals surface area contributed by atoms with Crippen LogP contribution in [0.5, 0.6) is 0 Å². The number of aliphatic hydroxyl groups excluding tert-OH is 1. The van der Waals surface area contributed by atoms with Gasteiger partial charge in [-0.3, -0.25) is 4.79 Å². The third-order valence-electron chi connectivity index (χ3n) is 6.09. The lowest BCUT2D eigenvalue weighted by Crippen LogP contribution is -2.37. The first-order valence-electron chi connectivity index (χ1n) is 11.2. The number of rotatable bonds is 8. The highest BCUT2D eigenvalue weighted by molar-refractivity contribution is 5.95. The summed E-state index contributed by atoms with van der Waals surface area (Å²) in [6.45, 7) is -0.0110. The zero-order valence-electron chi connectivity index (χ0n) is 19.2. The Hall–Kier alpha value is -4.17. The standard InChI is InChI=1S/C27H26N2O6/c1-29(18-8-6-7-17(13-18)26(32)33)25(31)14-19(30)15-28-27(34)35-16-24-22-11-4-2-9-20(22)21-10-3-5-12-23(21)24/h2-13,19,24,30H,14-16H2,1H3,(H,28,34)(H,32,33). The van der Waals surface area contributed by atoms with Gasteiger partial charge in [-0.15, -0.1) is 0 Å². The Bertz CT molecular complexity index is 1210. The van der Waals surface area contributed by atoms with Crippen molar-refractivity contribution in [3.8, 4) is 11.1 Å². The van der Waals surface area contributed by atoms with E-state index in [1.165, 1.54) is 30.1 Å². The Kier molecular flexibility index (Phi) is 7.12. The number of hydrogen-bond donors (Lipinski definition) is 3. The van der Waals surface area contributed by atoms with Gasteiger partial charge in [0.25, 0.3) is 0 Å². The van der Waals surface area contributed by atoms with Gasteiger partial charge in [-0.1, -0.05) is 54.6 Å². The molecule has 4 rings (SSSR count). The van der Waals surface area contributed by atoms with Crippen LogP contribution in [-0.2, 0) is 9.53 Å². The first-order chi connectivity index (χ1) is 16.8. The summed E-state index contributed by atoms with van der Waals surface area (Å²) in [4.78, 5) is 37.2. The van der Waals surface area contributed by atoms with E-state index < -0.39 is 24.1 Å². The first-order valence-corrected chi connectivity index (χ1v) is 11.2. The number of fused-ring (bicyclic) bond motifs is 3. The molecule has 1 atom stereocenters. The highest BCUT2D eigenvalue weighted by Crippen LogP contribution is 2.44. The number of ether oxygens (including phenoxy) is 1. The number of hydrogen-bond acceptors (Lipinski definition) is 5. The van der Waals surface area contributed by atoms with Crippen molar-refractivity contribution in [2.45, 2.75) is 18.4 Å². The van der Waals surface area contributed by atoms with Crippen LogP contribution in [0.4, 0.5) is 10.5 Å². The summed E-state index contributed by atoms with van der Waals surface area (Å²) in [6.07, 6.45) is -2.06. The van der Waals surface area contributed by atoms with E-state index in [1.807, 2.05) is 36.4 Å². The number of aromatic carboxylic acids is 1. The smallest absolute Gasteiger partial charge is 0.407 e. The molecule has 1 unspecified atom stereocenters. The molecule has 0 heterocycles. The SMILES string of the molecule is CN(C(=O)CC(O)CNC(=O)OCC1c2ccccc2-c2ccccc21)c1cccc(C(=O)O)c1. The number of carbonyl (C=O) groups is 3. The second-order valence-corrected chi connectivity index (χ2v) is 8.37. The maximum absolute atomic E-state index is 12.5. The summed E-state index contributed by atoms with van der Waals surface area (Å²) in [7, 11) is 1.50. The van der Waals surface area contributed by atoms with E-state index in [0.29, 0.717) is 5.69 Å². The molecular formula is C27H26N2O6. The molecule has 0 aromatic heterocycles. The van der Waals surface area contributed by atoms with Gasteiger partial charge in [0.2, 0.25) is 5.91 Å². The molecule has 0 saturated heterocycles. The fourth-order valence-corrected chi connectivity index (χ4v) is 4.25. The minimum atomic E-state index is -1.13. The number of anilines is 1. The van der Waals surface area contributed by atoms with Gasteiger partial charge in [-0.2, -0.15) is 0 Å². The highest BCUT2D eigenvalue weighted by Gasteiger charge is 2.29. The Labute approximate surface area is 202 Å². The molecule has 1 aliphatic carbocycles. The molecule has 3 N–H and O–H groups in total. The molecule has 1 aliphatic rings. The predicted molar refractivity (Wildman–Crippen MR) is 131 cm³/mol. The van der Waals surface area contributed by atoms with E-state index in [0.717, 1.165) is 22.3 Å². The van der Waals surface area contributed by atoms with Crippen LogP contribution in [0.1, 0.15) is 33.8 Å². The normalized spacial score (nSPS) is 12.9. The largest absolute Gasteiger partial charge is 0.478 e. The Morgan fingerprint density at radius 3 is 2.23 bits per heavy atom. The number of amides is 2. The van der Waals surface area contributed by atoms with Gasteiger partial charge in [-0.25, -0.2) is 9.59 Å². The number of nitrogens with one attached hydrogen (secondary N) is 1. The molecule has 3 aromatic carbocycles.